The molecular weight excluding hydrogens is 271 g/mol. The molecule has 2 N–H and O–H groups in total. The van der Waals surface area contributed by atoms with Crippen LogP contribution in [0.25, 0.3) is 0 Å². The number of anilines is 1. The summed E-state index contributed by atoms with van der Waals surface area (Å²) in [5, 5.41) is 13.2. The minimum absolute atomic E-state index is 0.0534. The second-order valence-corrected chi connectivity index (χ2v) is 5.34. The number of halogens is 1. The van der Waals surface area contributed by atoms with Crippen molar-refractivity contribution in [2.24, 2.45) is 0 Å². The largest absolute Gasteiger partial charge is 0.389 e. The van der Waals surface area contributed by atoms with E-state index in [0.717, 1.165) is 18.5 Å². The first-order valence-corrected chi connectivity index (χ1v) is 7.41. The Morgan fingerprint density at radius 2 is 2.14 bits per heavy atom. The molecule has 0 aliphatic heterocycles. The number of nitrogens with one attached hydrogen (secondary N) is 1. The minimum Gasteiger partial charge on any atom is -0.389 e. The van der Waals surface area contributed by atoms with Crippen LogP contribution in [0.4, 0.5) is 10.1 Å². The molecule has 120 valence electrons. The smallest absolute Gasteiger partial charge is 0.146 e. The van der Waals surface area contributed by atoms with Crippen LogP contribution in [-0.4, -0.2) is 45.1 Å². The Morgan fingerprint density at radius 3 is 2.76 bits per heavy atom. The number of hydrogen-bond acceptors (Lipinski definition) is 4. The van der Waals surface area contributed by atoms with E-state index in [0.29, 0.717) is 12.2 Å². The molecule has 0 amide bonds. The number of methoxy groups -OCH3 is 1. The number of aliphatic hydroxyl groups is 1. The number of para-hydroxylation sites is 1. The second kappa shape index (κ2) is 8.97. The van der Waals surface area contributed by atoms with E-state index < -0.39 is 6.10 Å². The molecule has 0 spiro atoms. The third-order valence-corrected chi connectivity index (χ3v) is 3.41. The summed E-state index contributed by atoms with van der Waals surface area (Å²) in [6.07, 6.45) is 0.378. The van der Waals surface area contributed by atoms with Gasteiger partial charge in [-0.1, -0.05) is 19.1 Å². The van der Waals surface area contributed by atoms with Crippen molar-refractivity contribution in [3.63, 3.8) is 0 Å². The van der Waals surface area contributed by atoms with Gasteiger partial charge < -0.3 is 20.1 Å². The zero-order chi connectivity index (χ0) is 15.8. The molecule has 1 aromatic rings. The van der Waals surface area contributed by atoms with Crippen LogP contribution in [0.15, 0.2) is 18.2 Å². The summed E-state index contributed by atoms with van der Waals surface area (Å²) in [7, 11) is 3.32. The van der Waals surface area contributed by atoms with Crippen LogP contribution in [0.3, 0.4) is 0 Å². The average molecular weight is 298 g/mol. The number of likely N-dealkylation sites (N-methyl/N-ethyl adjacent to an activating group) is 1. The summed E-state index contributed by atoms with van der Waals surface area (Å²) in [5.74, 6) is -0.273. The van der Waals surface area contributed by atoms with Crippen molar-refractivity contribution in [2.75, 3.05) is 38.8 Å². The SMILES string of the molecule is CCCNC(C)c1cccc(F)c1N(C)CC(O)COC. The number of ether oxygens (including phenoxy) is 1. The lowest BCUT2D eigenvalue weighted by atomic mass is 10.0. The normalized spacial score (nSPS) is 14.0. The zero-order valence-corrected chi connectivity index (χ0v) is 13.4. The van der Waals surface area contributed by atoms with Crippen LogP contribution in [0.2, 0.25) is 0 Å². The van der Waals surface area contributed by atoms with Gasteiger partial charge in [-0.15, -0.1) is 0 Å². The minimum atomic E-state index is -0.647. The average Bonchev–Trinajstić information content (AvgIpc) is 2.44. The first kappa shape index (κ1) is 17.9. The first-order chi connectivity index (χ1) is 10.0. The van der Waals surface area contributed by atoms with Gasteiger partial charge in [0.25, 0.3) is 0 Å². The summed E-state index contributed by atoms with van der Waals surface area (Å²) < 4.78 is 19.2. The highest BCUT2D eigenvalue weighted by atomic mass is 19.1. The van der Waals surface area contributed by atoms with E-state index >= 15 is 0 Å². The monoisotopic (exact) mass is 298 g/mol. The summed E-state index contributed by atoms with van der Waals surface area (Å²) >= 11 is 0. The highest BCUT2D eigenvalue weighted by Crippen LogP contribution is 2.28. The van der Waals surface area contributed by atoms with Crippen molar-refractivity contribution in [3.8, 4) is 0 Å². The van der Waals surface area contributed by atoms with E-state index in [1.165, 1.54) is 13.2 Å². The zero-order valence-electron chi connectivity index (χ0n) is 13.4. The van der Waals surface area contributed by atoms with Gasteiger partial charge >= 0.3 is 0 Å². The third-order valence-electron chi connectivity index (χ3n) is 3.41. The molecule has 0 radical (unpaired) electrons. The van der Waals surface area contributed by atoms with Gasteiger partial charge in [0.05, 0.1) is 18.4 Å². The quantitative estimate of drug-likeness (QED) is 0.734. The molecule has 1 aromatic carbocycles. The van der Waals surface area contributed by atoms with Gasteiger partial charge in [0.1, 0.15) is 5.82 Å². The Labute approximate surface area is 126 Å². The molecule has 0 heterocycles. The third kappa shape index (κ3) is 5.26. The van der Waals surface area contributed by atoms with Crippen molar-refractivity contribution < 1.29 is 14.2 Å². The van der Waals surface area contributed by atoms with Crippen LogP contribution in [-0.2, 0) is 4.74 Å². The Morgan fingerprint density at radius 1 is 1.43 bits per heavy atom. The van der Waals surface area contributed by atoms with Crippen LogP contribution in [0.5, 0.6) is 0 Å². The molecule has 0 aromatic heterocycles. The van der Waals surface area contributed by atoms with E-state index in [1.807, 2.05) is 13.0 Å². The predicted octanol–water partition coefficient (Wildman–Crippen LogP) is 2.33. The van der Waals surface area contributed by atoms with Crippen molar-refractivity contribution in [3.05, 3.63) is 29.6 Å². The molecule has 0 aliphatic rings. The molecule has 0 saturated heterocycles. The Hall–Kier alpha value is -1.17. The van der Waals surface area contributed by atoms with Crippen LogP contribution in [0, 0.1) is 5.82 Å². The number of benzene rings is 1. The topological polar surface area (TPSA) is 44.7 Å². The molecular formula is C16H27FN2O2. The maximum absolute atomic E-state index is 14.2. The summed E-state index contributed by atoms with van der Waals surface area (Å²) in [6, 6.07) is 5.14. The van der Waals surface area contributed by atoms with Crippen LogP contribution in [0.1, 0.15) is 31.9 Å². The van der Waals surface area contributed by atoms with Gasteiger partial charge in [-0.25, -0.2) is 4.39 Å². The lowest BCUT2D eigenvalue weighted by Gasteiger charge is -2.27. The number of nitrogens with zero attached hydrogens (tertiary/aromatic N) is 1. The molecule has 0 aliphatic carbocycles. The maximum atomic E-state index is 14.2. The Balaban J connectivity index is 2.93. The highest BCUT2D eigenvalue weighted by molar-refractivity contribution is 5.55. The van der Waals surface area contributed by atoms with Crippen molar-refractivity contribution in [1.82, 2.24) is 5.32 Å². The molecule has 2 atom stereocenters. The standard InChI is InChI=1S/C16H27FN2O2/c1-5-9-18-12(2)14-7-6-8-15(17)16(14)19(3)10-13(20)11-21-4/h6-8,12-13,18,20H,5,9-11H2,1-4H3. The van der Waals surface area contributed by atoms with Crippen LogP contribution >= 0.6 is 0 Å². The predicted molar refractivity (Wildman–Crippen MR) is 84.3 cm³/mol. The fourth-order valence-electron chi connectivity index (χ4n) is 2.41. The lowest BCUT2D eigenvalue weighted by molar-refractivity contribution is 0.0694. The second-order valence-electron chi connectivity index (χ2n) is 5.34. The summed E-state index contributed by atoms with van der Waals surface area (Å²) in [5.41, 5.74) is 1.43. The molecule has 2 unspecified atom stereocenters. The van der Waals surface area contributed by atoms with Gasteiger partial charge in [0.15, 0.2) is 0 Å². The molecule has 1 rings (SSSR count). The lowest BCUT2D eigenvalue weighted by Crippen LogP contribution is -2.33. The van der Waals surface area contributed by atoms with Gasteiger partial charge in [0.2, 0.25) is 0 Å². The van der Waals surface area contributed by atoms with Gasteiger partial charge in [-0.2, -0.15) is 0 Å². The van der Waals surface area contributed by atoms with Gasteiger partial charge in [-0.3, -0.25) is 0 Å². The molecule has 21 heavy (non-hydrogen) atoms. The number of rotatable bonds is 9. The van der Waals surface area contributed by atoms with E-state index in [-0.39, 0.29) is 18.5 Å². The first-order valence-electron chi connectivity index (χ1n) is 7.41. The Bertz CT molecular complexity index is 429. The van der Waals surface area contributed by atoms with Crippen molar-refractivity contribution in [2.45, 2.75) is 32.4 Å². The highest BCUT2D eigenvalue weighted by Gasteiger charge is 2.19. The van der Waals surface area contributed by atoms with Gasteiger partial charge in [0, 0.05) is 26.7 Å². The fraction of sp³-hybridized carbons (Fsp3) is 0.625. The maximum Gasteiger partial charge on any atom is 0.146 e. The molecule has 0 saturated carbocycles. The van der Waals surface area contributed by atoms with E-state index in [9.17, 15) is 9.50 Å². The fourth-order valence-corrected chi connectivity index (χ4v) is 2.41. The molecule has 4 nitrogen and oxygen atoms in total. The van der Waals surface area contributed by atoms with E-state index in [4.69, 9.17) is 4.74 Å². The summed E-state index contributed by atoms with van der Waals surface area (Å²) in [6.45, 7) is 5.56. The Kier molecular flexibility index (Phi) is 7.64. The van der Waals surface area contributed by atoms with E-state index in [2.05, 4.69) is 12.2 Å². The number of hydrogen-bond donors (Lipinski definition) is 2. The van der Waals surface area contributed by atoms with E-state index in [1.54, 1.807) is 18.0 Å². The number of aliphatic hydroxyl groups excluding tert-OH is 1. The molecule has 0 bridgehead atoms. The van der Waals surface area contributed by atoms with Crippen molar-refractivity contribution >= 4 is 5.69 Å². The van der Waals surface area contributed by atoms with Gasteiger partial charge in [-0.05, 0) is 31.5 Å². The summed E-state index contributed by atoms with van der Waals surface area (Å²) in [4.78, 5) is 1.75. The molecule has 5 heteroatoms. The van der Waals surface area contributed by atoms with Crippen LogP contribution < -0.4 is 10.2 Å². The van der Waals surface area contributed by atoms with Crippen molar-refractivity contribution in [1.29, 1.82) is 0 Å². The molecule has 0 fully saturated rings.